The van der Waals surface area contributed by atoms with Crippen LogP contribution < -0.4 is 5.73 Å². The Morgan fingerprint density at radius 1 is 1.44 bits per heavy atom. The number of nitrogens with two attached hydrogens (primary N) is 1. The Balaban J connectivity index is 1.63. The molecule has 0 aliphatic carbocycles. The number of hydrogen-bond donors (Lipinski definition) is 3. The van der Waals surface area contributed by atoms with Gasteiger partial charge >= 0.3 is 0 Å². The van der Waals surface area contributed by atoms with E-state index in [1.54, 1.807) is 18.2 Å². The molecule has 0 unspecified atom stereocenters. The van der Waals surface area contributed by atoms with Gasteiger partial charge in [-0.2, -0.15) is 0 Å². The van der Waals surface area contributed by atoms with Gasteiger partial charge in [0.2, 0.25) is 0 Å². The van der Waals surface area contributed by atoms with Gasteiger partial charge in [-0.1, -0.05) is 0 Å². The van der Waals surface area contributed by atoms with Gasteiger partial charge in [0.1, 0.15) is 23.1 Å². The van der Waals surface area contributed by atoms with Crippen LogP contribution in [0.15, 0.2) is 25.2 Å². The Morgan fingerprint density at radius 2 is 2.28 bits per heavy atom. The number of aromatic nitrogens is 6. The number of piperidine rings is 1. The molecule has 4 N–H and O–H groups in total. The number of nitrogen functional groups attached to an aromatic ring is 1. The lowest BCUT2D eigenvalue weighted by Crippen LogP contribution is -2.54. The average molecular weight is 342 g/mol. The Kier molecular flexibility index (Phi) is 3.42. The summed E-state index contributed by atoms with van der Waals surface area (Å²) in [4.78, 5) is 33.2. The Hall–Kier alpha value is -3.01. The van der Waals surface area contributed by atoms with Crippen molar-refractivity contribution in [1.82, 2.24) is 34.4 Å². The van der Waals surface area contributed by atoms with Crippen molar-refractivity contribution in [2.24, 2.45) is 0 Å². The fraction of sp³-hybridized carbons (Fsp3) is 0.400. The molecule has 0 radical (unpaired) electrons. The van der Waals surface area contributed by atoms with E-state index >= 15 is 0 Å². The number of hydrogen-bond acceptors (Lipinski definition) is 7. The number of carbonyl (C=O) groups is 1. The number of nitrogens with one attached hydrogen (secondary N) is 1. The second-order valence-electron chi connectivity index (χ2n) is 6.44. The zero-order chi connectivity index (χ0) is 17.6. The number of β-amino-alcohol motifs (C(OH)–C–C–N with tert-alkyl or cyclic N) is 1. The van der Waals surface area contributed by atoms with E-state index in [1.807, 2.05) is 4.57 Å². The van der Waals surface area contributed by atoms with Crippen LogP contribution in [0.4, 0.5) is 5.82 Å². The monoisotopic (exact) mass is 342 g/mol. The maximum Gasteiger partial charge on any atom is 0.272 e. The highest BCUT2D eigenvalue weighted by Crippen LogP contribution is 2.34. The normalized spacial score (nSPS) is 23.9. The van der Waals surface area contributed by atoms with Crippen molar-refractivity contribution >= 4 is 22.9 Å². The van der Waals surface area contributed by atoms with Crippen molar-refractivity contribution in [2.45, 2.75) is 25.0 Å². The van der Waals surface area contributed by atoms with Gasteiger partial charge in [0, 0.05) is 6.54 Å². The summed E-state index contributed by atoms with van der Waals surface area (Å²) in [5, 5.41) is 11.0. The maximum atomic E-state index is 12.5. The number of H-pyrrole nitrogens is 1. The topological polar surface area (TPSA) is 139 Å². The van der Waals surface area contributed by atoms with Gasteiger partial charge in [0.25, 0.3) is 5.91 Å². The van der Waals surface area contributed by atoms with Crippen LogP contribution in [0.5, 0.6) is 0 Å². The largest absolute Gasteiger partial charge is 0.386 e. The highest BCUT2D eigenvalue weighted by Gasteiger charge is 2.41. The Bertz CT molecular complexity index is 917. The number of likely N-dealkylation sites (tertiary alicyclic amines) is 1. The van der Waals surface area contributed by atoms with Crippen LogP contribution in [0.25, 0.3) is 11.2 Å². The third-order valence-corrected chi connectivity index (χ3v) is 4.64. The number of anilines is 1. The number of aliphatic hydroxyl groups is 1. The molecule has 4 rings (SSSR count). The summed E-state index contributed by atoms with van der Waals surface area (Å²) in [7, 11) is 0. The van der Waals surface area contributed by atoms with E-state index in [0.29, 0.717) is 35.6 Å². The van der Waals surface area contributed by atoms with Gasteiger partial charge in [-0.15, -0.1) is 0 Å². The molecule has 3 aromatic rings. The summed E-state index contributed by atoms with van der Waals surface area (Å²) < 4.78 is 1.81. The van der Waals surface area contributed by atoms with E-state index in [2.05, 4.69) is 24.9 Å². The molecule has 1 aliphatic rings. The molecule has 1 fully saturated rings. The van der Waals surface area contributed by atoms with Crippen molar-refractivity contribution in [3.05, 3.63) is 30.9 Å². The van der Waals surface area contributed by atoms with Gasteiger partial charge in [0.05, 0.1) is 31.4 Å². The fourth-order valence-corrected chi connectivity index (χ4v) is 3.41. The highest BCUT2D eigenvalue weighted by molar-refractivity contribution is 5.92. The molecule has 130 valence electrons. The number of amides is 1. The molecule has 25 heavy (non-hydrogen) atoms. The molecule has 1 saturated heterocycles. The maximum absolute atomic E-state index is 12.5. The van der Waals surface area contributed by atoms with Crippen LogP contribution in [0.2, 0.25) is 0 Å². The second-order valence-corrected chi connectivity index (χ2v) is 6.44. The first-order chi connectivity index (χ1) is 12.0. The summed E-state index contributed by atoms with van der Waals surface area (Å²) in [5.41, 5.74) is 6.17. The minimum Gasteiger partial charge on any atom is -0.386 e. The lowest BCUT2D eigenvalue weighted by atomic mass is 9.88. The van der Waals surface area contributed by atoms with Crippen molar-refractivity contribution in [3.8, 4) is 0 Å². The molecule has 0 aromatic carbocycles. The number of rotatable bonds is 2. The molecule has 0 saturated carbocycles. The summed E-state index contributed by atoms with van der Waals surface area (Å²) >= 11 is 0. The number of fused-ring (bicyclic) bond motifs is 1. The first-order valence-electron chi connectivity index (χ1n) is 7.90. The minimum atomic E-state index is -1.15. The SMILES string of the molecule is C[C@@]1(O)CN(C(=O)c2cnc[nH]2)CC[C@H]1n1cnc2c(N)ncnc21. The number of imidazole rings is 2. The number of nitrogens with zero attached hydrogens (tertiary/aromatic N) is 6. The standard InChI is InChI=1S/C15H18N8O2/c1-15(25)5-22(14(24)9-4-17-6-18-9)3-2-10(15)23-8-21-11-12(16)19-7-20-13(11)23/h4,6-8,10,25H,2-3,5H2,1H3,(H,17,18)(H2,16,19,20)/t10-,15-/m1/s1. The lowest BCUT2D eigenvalue weighted by molar-refractivity contribution is -0.0480. The molecule has 0 spiro atoms. The van der Waals surface area contributed by atoms with E-state index in [0.717, 1.165) is 0 Å². The van der Waals surface area contributed by atoms with Crippen LogP contribution in [-0.4, -0.2) is 64.1 Å². The first-order valence-corrected chi connectivity index (χ1v) is 7.90. The molecule has 10 nitrogen and oxygen atoms in total. The van der Waals surface area contributed by atoms with Gasteiger partial charge in [-0.25, -0.2) is 19.9 Å². The summed E-state index contributed by atoms with van der Waals surface area (Å²) in [6, 6.07) is -0.280. The quantitative estimate of drug-likeness (QED) is 0.594. The van der Waals surface area contributed by atoms with Crippen LogP contribution in [-0.2, 0) is 0 Å². The first kappa shape index (κ1) is 15.5. The molecule has 10 heteroatoms. The van der Waals surface area contributed by atoms with Crippen LogP contribution >= 0.6 is 0 Å². The van der Waals surface area contributed by atoms with Crippen molar-refractivity contribution in [1.29, 1.82) is 0 Å². The zero-order valence-electron chi connectivity index (χ0n) is 13.6. The molecule has 0 bridgehead atoms. The van der Waals surface area contributed by atoms with E-state index in [-0.39, 0.29) is 18.5 Å². The number of carbonyl (C=O) groups excluding carboxylic acids is 1. The van der Waals surface area contributed by atoms with Crippen molar-refractivity contribution in [2.75, 3.05) is 18.8 Å². The molecular formula is C15H18N8O2. The molecule has 4 heterocycles. The predicted octanol–water partition coefficient (Wildman–Crippen LogP) is -0.0302. The van der Waals surface area contributed by atoms with Crippen molar-refractivity contribution < 1.29 is 9.90 Å². The Morgan fingerprint density at radius 3 is 3.00 bits per heavy atom. The smallest absolute Gasteiger partial charge is 0.272 e. The highest BCUT2D eigenvalue weighted by atomic mass is 16.3. The molecular weight excluding hydrogens is 324 g/mol. The third-order valence-electron chi connectivity index (χ3n) is 4.64. The zero-order valence-corrected chi connectivity index (χ0v) is 13.6. The van der Waals surface area contributed by atoms with E-state index in [4.69, 9.17) is 5.73 Å². The van der Waals surface area contributed by atoms with E-state index < -0.39 is 5.60 Å². The molecule has 2 atom stereocenters. The minimum absolute atomic E-state index is 0.182. The van der Waals surface area contributed by atoms with Crippen LogP contribution in [0.3, 0.4) is 0 Å². The number of aromatic amines is 1. The molecule has 3 aromatic heterocycles. The Labute approximate surface area is 142 Å². The lowest BCUT2D eigenvalue weighted by Gasteiger charge is -2.43. The third kappa shape index (κ3) is 2.50. The van der Waals surface area contributed by atoms with E-state index in [1.165, 1.54) is 18.9 Å². The van der Waals surface area contributed by atoms with Crippen LogP contribution in [0, 0.1) is 0 Å². The van der Waals surface area contributed by atoms with Gasteiger partial charge < -0.3 is 25.3 Å². The summed E-state index contributed by atoms with van der Waals surface area (Å²) in [5.74, 6) is 0.119. The van der Waals surface area contributed by atoms with Gasteiger partial charge in [0.15, 0.2) is 11.5 Å². The predicted molar refractivity (Wildman–Crippen MR) is 88.5 cm³/mol. The fourth-order valence-electron chi connectivity index (χ4n) is 3.41. The second kappa shape index (κ2) is 5.52. The van der Waals surface area contributed by atoms with Crippen molar-refractivity contribution in [3.63, 3.8) is 0 Å². The van der Waals surface area contributed by atoms with Gasteiger partial charge in [-0.05, 0) is 13.3 Å². The van der Waals surface area contributed by atoms with E-state index in [9.17, 15) is 9.90 Å². The average Bonchev–Trinajstić information content (AvgIpc) is 3.23. The molecule has 1 aliphatic heterocycles. The van der Waals surface area contributed by atoms with Crippen LogP contribution in [0.1, 0.15) is 29.9 Å². The van der Waals surface area contributed by atoms with Gasteiger partial charge in [-0.3, -0.25) is 4.79 Å². The molecule has 1 amide bonds. The summed E-state index contributed by atoms with van der Waals surface area (Å²) in [6.07, 6.45) is 6.48. The summed E-state index contributed by atoms with van der Waals surface area (Å²) in [6.45, 7) is 2.40.